The lowest BCUT2D eigenvalue weighted by atomic mass is 10.1. The van der Waals surface area contributed by atoms with Gasteiger partial charge < -0.3 is 15.4 Å². The quantitative estimate of drug-likeness (QED) is 0.269. The van der Waals surface area contributed by atoms with E-state index in [1.807, 2.05) is 12.1 Å². The first kappa shape index (κ1) is 24.3. The van der Waals surface area contributed by atoms with E-state index in [0.29, 0.717) is 37.2 Å². The molecule has 0 atom stereocenters. The number of para-hydroxylation sites is 1. The summed E-state index contributed by atoms with van der Waals surface area (Å²) in [6.07, 6.45) is 1.46. The molecule has 0 aromatic heterocycles. The molecule has 0 aliphatic rings. The summed E-state index contributed by atoms with van der Waals surface area (Å²) in [5, 5.41) is 15.5. The van der Waals surface area contributed by atoms with Crippen LogP contribution >= 0.6 is 39.1 Å². The summed E-state index contributed by atoms with van der Waals surface area (Å²) in [5.74, 6) is -0.490. The maximum atomic E-state index is 12.4. The summed E-state index contributed by atoms with van der Waals surface area (Å²) in [6, 6.07) is 20.4. The molecule has 3 aromatic carbocycles. The third-order valence-corrected chi connectivity index (χ3v) is 5.51. The number of nitrogens with zero attached hydrogens (tertiary/aromatic N) is 1. The van der Waals surface area contributed by atoms with Crippen molar-refractivity contribution in [2.24, 2.45) is 0 Å². The second kappa shape index (κ2) is 11.5. The Hall–Kier alpha value is -3.31. The molecular weight excluding hydrogens is 529 g/mol. The monoisotopic (exact) mass is 543 g/mol. The molecule has 0 aliphatic heterocycles. The Labute approximate surface area is 208 Å². The Bertz CT molecular complexity index is 1250. The first-order valence-corrected chi connectivity index (χ1v) is 11.1. The van der Waals surface area contributed by atoms with Crippen LogP contribution in [0.25, 0.3) is 6.08 Å². The minimum atomic E-state index is -0.527. The molecule has 0 spiro atoms. The third-order valence-electron chi connectivity index (χ3n) is 4.25. The van der Waals surface area contributed by atoms with E-state index >= 15 is 0 Å². The van der Waals surface area contributed by atoms with Gasteiger partial charge >= 0.3 is 0 Å². The molecule has 0 aliphatic carbocycles. The summed E-state index contributed by atoms with van der Waals surface area (Å²) in [6.45, 7) is -0.240. The Morgan fingerprint density at radius 1 is 1.00 bits per heavy atom. The van der Waals surface area contributed by atoms with Crippen molar-refractivity contribution in [2.45, 2.75) is 0 Å². The van der Waals surface area contributed by atoms with Gasteiger partial charge in [-0.05, 0) is 70.0 Å². The van der Waals surface area contributed by atoms with E-state index in [1.165, 1.54) is 6.08 Å². The van der Waals surface area contributed by atoms with Gasteiger partial charge in [-0.2, -0.15) is 5.26 Å². The van der Waals surface area contributed by atoms with Crippen LogP contribution in [0.5, 0.6) is 5.75 Å². The average Bonchev–Trinajstić information content (AvgIpc) is 2.80. The lowest BCUT2D eigenvalue weighted by Gasteiger charge is -2.09. The predicted molar refractivity (Wildman–Crippen MR) is 133 cm³/mol. The molecule has 2 amide bonds. The van der Waals surface area contributed by atoms with Crippen LogP contribution < -0.4 is 15.4 Å². The van der Waals surface area contributed by atoms with Gasteiger partial charge in [0, 0.05) is 9.50 Å². The van der Waals surface area contributed by atoms with Crippen LogP contribution in [0.1, 0.15) is 5.56 Å². The minimum Gasteiger partial charge on any atom is -0.484 e. The summed E-state index contributed by atoms with van der Waals surface area (Å²) in [4.78, 5) is 24.5. The SMILES string of the molecule is N#C/C(=C\c1ccc(OCC(=O)Nc2cc(Cl)ccc2Cl)cc1)C(=O)Nc1ccccc1Br. The lowest BCUT2D eigenvalue weighted by molar-refractivity contribution is -0.118. The Balaban J connectivity index is 1.59. The number of halogens is 3. The maximum absolute atomic E-state index is 12.4. The van der Waals surface area contributed by atoms with E-state index in [9.17, 15) is 14.9 Å². The lowest BCUT2D eigenvalue weighted by Crippen LogP contribution is -2.20. The zero-order chi connectivity index (χ0) is 23.8. The molecule has 0 saturated carbocycles. The van der Waals surface area contributed by atoms with Crippen LogP contribution in [0.3, 0.4) is 0 Å². The molecule has 0 unspecified atom stereocenters. The molecule has 0 bridgehead atoms. The number of nitriles is 1. The predicted octanol–water partition coefficient (Wildman–Crippen LogP) is 6.32. The van der Waals surface area contributed by atoms with Crippen molar-refractivity contribution in [2.75, 3.05) is 17.2 Å². The molecule has 166 valence electrons. The van der Waals surface area contributed by atoms with E-state index < -0.39 is 11.8 Å². The summed E-state index contributed by atoms with van der Waals surface area (Å²) >= 11 is 15.3. The van der Waals surface area contributed by atoms with Gasteiger partial charge in [0.2, 0.25) is 0 Å². The van der Waals surface area contributed by atoms with Crippen LogP contribution in [0.4, 0.5) is 11.4 Å². The number of hydrogen-bond donors (Lipinski definition) is 2. The number of amides is 2. The third kappa shape index (κ3) is 7.09. The topological polar surface area (TPSA) is 91.2 Å². The Morgan fingerprint density at radius 3 is 2.42 bits per heavy atom. The molecule has 2 N–H and O–H groups in total. The van der Waals surface area contributed by atoms with Crippen molar-refractivity contribution < 1.29 is 14.3 Å². The van der Waals surface area contributed by atoms with Crippen LogP contribution in [0.2, 0.25) is 10.0 Å². The van der Waals surface area contributed by atoms with Crippen LogP contribution in [-0.2, 0) is 9.59 Å². The number of ether oxygens (including phenoxy) is 1. The van der Waals surface area contributed by atoms with Crippen molar-refractivity contribution in [3.05, 3.63) is 92.4 Å². The van der Waals surface area contributed by atoms with Crippen molar-refractivity contribution in [1.82, 2.24) is 0 Å². The van der Waals surface area contributed by atoms with E-state index in [2.05, 4.69) is 26.6 Å². The number of nitrogens with one attached hydrogen (secondary N) is 2. The number of carbonyl (C=O) groups excluding carboxylic acids is 2. The van der Waals surface area contributed by atoms with Crippen LogP contribution in [-0.4, -0.2) is 18.4 Å². The van der Waals surface area contributed by atoms with Gasteiger partial charge in [-0.25, -0.2) is 0 Å². The van der Waals surface area contributed by atoms with Gasteiger partial charge in [0.1, 0.15) is 17.4 Å². The normalized spacial score (nSPS) is 10.8. The van der Waals surface area contributed by atoms with Crippen LogP contribution in [0.15, 0.2) is 76.8 Å². The highest BCUT2D eigenvalue weighted by Gasteiger charge is 2.11. The first-order valence-electron chi connectivity index (χ1n) is 9.51. The standard InChI is InChI=1S/C24H16BrCl2N3O3/c25-19-3-1-2-4-21(19)30-24(32)16(13-28)11-15-5-8-18(9-6-15)33-14-23(31)29-22-12-17(26)7-10-20(22)27/h1-12H,14H2,(H,29,31)(H,30,32)/b16-11+. The molecule has 0 fully saturated rings. The fourth-order valence-electron chi connectivity index (χ4n) is 2.66. The van der Waals surface area contributed by atoms with Crippen molar-refractivity contribution in [3.63, 3.8) is 0 Å². The zero-order valence-corrected chi connectivity index (χ0v) is 20.0. The maximum Gasteiger partial charge on any atom is 0.266 e. The zero-order valence-electron chi connectivity index (χ0n) is 16.9. The molecular formula is C24H16BrCl2N3O3. The molecule has 0 saturated heterocycles. The second-order valence-electron chi connectivity index (χ2n) is 6.63. The smallest absolute Gasteiger partial charge is 0.266 e. The highest BCUT2D eigenvalue weighted by molar-refractivity contribution is 9.10. The van der Waals surface area contributed by atoms with E-state index in [1.54, 1.807) is 60.7 Å². The minimum absolute atomic E-state index is 0.0581. The Morgan fingerprint density at radius 2 is 1.73 bits per heavy atom. The molecule has 33 heavy (non-hydrogen) atoms. The first-order chi connectivity index (χ1) is 15.9. The highest BCUT2D eigenvalue weighted by atomic mass is 79.9. The summed E-state index contributed by atoms with van der Waals surface area (Å²) in [7, 11) is 0. The van der Waals surface area contributed by atoms with E-state index in [-0.39, 0.29) is 12.2 Å². The number of benzene rings is 3. The molecule has 0 radical (unpaired) electrons. The van der Waals surface area contributed by atoms with Crippen molar-refractivity contribution in [3.8, 4) is 11.8 Å². The van der Waals surface area contributed by atoms with Gasteiger partial charge in [-0.15, -0.1) is 0 Å². The van der Waals surface area contributed by atoms with Crippen LogP contribution in [0, 0.1) is 11.3 Å². The highest BCUT2D eigenvalue weighted by Crippen LogP contribution is 2.25. The summed E-state index contributed by atoms with van der Waals surface area (Å²) < 4.78 is 6.18. The van der Waals surface area contributed by atoms with E-state index in [4.69, 9.17) is 27.9 Å². The van der Waals surface area contributed by atoms with Gasteiger partial charge in [-0.3, -0.25) is 9.59 Å². The van der Waals surface area contributed by atoms with Gasteiger partial charge in [0.25, 0.3) is 11.8 Å². The molecule has 3 aromatic rings. The largest absolute Gasteiger partial charge is 0.484 e. The number of carbonyl (C=O) groups is 2. The summed E-state index contributed by atoms with van der Waals surface area (Å²) in [5.41, 5.74) is 1.52. The van der Waals surface area contributed by atoms with Gasteiger partial charge in [-0.1, -0.05) is 47.5 Å². The van der Waals surface area contributed by atoms with E-state index in [0.717, 1.165) is 0 Å². The van der Waals surface area contributed by atoms with Gasteiger partial charge in [0.05, 0.1) is 16.4 Å². The average molecular weight is 545 g/mol. The Kier molecular flexibility index (Phi) is 8.50. The second-order valence-corrected chi connectivity index (χ2v) is 8.33. The van der Waals surface area contributed by atoms with Crippen molar-refractivity contribution in [1.29, 1.82) is 5.26 Å². The molecule has 9 heteroatoms. The molecule has 3 rings (SSSR count). The van der Waals surface area contributed by atoms with Gasteiger partial charge in [0.15, 0.2) is 6.61 Å². The fraction of sp³-hybridized carbons (Fsp3) is 0.0417. The number of rotatable bonds is 7. The fourth-order valence-corrected chi connectivity index (χ4v) is 3.38. The molecule has 6 nitrogen and oxygen atoms in total. The van der Waals surface area contributed by atoms with Crippen molar-refractivity contribution >= 4 is 68.4 Å². The number of anilines is 2. The molecule has 0 heterocycles. The number of hydrogen-bond acceptors (Lipinski definition) is 4.